The highest BCUT2D eigenvalue weighted by molar-refractivity contribution is 5.68. The van der Waals surface area contributed by atoms with Gasteiger partial charge in [0.15, 0.2) is 0 Å². The normalized spacial score (nSPS) is 33.5. The van der Waals surface area contributed by atoms with E-state index in [0.29, 0.717) is 19.5 Å². The molecule has 0 aromatic heterocycles. The smallest absolute Gasteiger partial charge is 0.410 e. The van der Waals surface area contributed by atoms with E-state index in [1.807, 2.05) is 27.7 Å². The average Bonchev–Trinajstić information content (AvgIpc) is 2.47. The Hall–Kier alpha value is -0.810. The van der Waals surface area contributed by atoms with Gasteiger partial charge in [-0.05, 0) is 58.8 Å². The van der Waals surface area contributed by atoms with Gasteiger partial charge in [-0.1, -0.05) is 0 Å². The molecule has 1 amide bonds. The standard InChI is InChI=1S/C15H28N2O3/c1-13(2,3)20-12(18)17-7-5-15(6-8-17)10-14(4,19)9-11(15)16/h11,19H,5-10,16H2,1-4H3/t11-,14?/m1/s1. The van der Waals surface area contributed by atoms with Crippen LogP contribution < -0.4 is 5.73 Å². The van der Waals surface area contributed by atoms with Crippen LogP contribution in [0.1, 0.15) is 53.4 Å². The Morgan fingerprint density at radius 1 is 1.35 bits per heavy atom. The van der Waals surface area contributed by atoms with Crippen molar-refractivity contribution in [3.63, 3.8) is 0 Å². The topological polar surface area (TPSA) is 75.8 Å². The minimum absolute atomic E-state index is 0.0119. The first kappa shape index (κ1) is 15.6. The summed E-state index contributed by atoms with van der Waals surface area (Å²) in [6.45, 7) is 8.82. The Morgan fingerprint density at radius 2 is 1.90 bits per heavy atom. The first-order valence-corrected chi connectivity index (χ1v) is 7.49. The van der Waals surface area contributed by atoms with Crippen LogP contribution in [0.15, 0.2) is 0 Å². The van der Waals surface area contributed by atoms with Crippen molar-refractivity contribution in [3.8, 4) is 0 Å². The van der Waals surface area contributed by atoms with Gasteiger partial charge >= 0.3 is 6.09 Å². The van der Waals surface area contributed by atoms with Gasteiger partial charge in [0.05, 0.1) is 5.60 Å². The summed E-state index contributed by atoms with van der Waals surface area (Å²) < 4.78 is 5.40. The molecule has 5 nitrogen and oxygen atoms in total. The molecule has 1 spiro atoms. The molecule has 1 heterocycles. The fraction of sp³-hybridized carbons (Fsp3) is 0.933. The van der Waals surface area contributed by atoms with Crippen molar-refractivity contribution in [2.45, 2.75) is 70.6 Å². The van der Waals surface area contributed by atoms with Crippen molar-refractivity contribution >= 4 is 6.09 Å². The lowest BCUT2D eigenvalue weighted by Crippen LogP contribution is -2.49. The van der Waals surface area contributed by atoms with Gasteiger partial charge in [-0.25, -0.2) is 4.79 Å². The lowest BCUT2D eigenvalue weighted by molar-refractivity contribution is 0.00262. The largest absolute Gasteiger partial charge is 0.444 e. The number of amides is 1. The minimum Gasteiger partial charge on any atom is -0.444 e. The zero-order chi connectivity index (χ0) is 15.2. The molecule has 1 aliphatic heterocycles. The maximum atomic E-state index is 12.0. The second kappa shape index (κ2) is 4.88. The first-order chi connectivity index (χ1) is 9.03. The number of nitrogens with zero attached hydrogens (tertiary/aromatic N) is 1. The van der Waals surface area contributed by atoms with Gasteiger partial charge in [0.1, 0.15) is 5.60 Å². The van der Waals surface area contributed by atoms with E-state index in [9.17, 15) is 9.90 Å². The van der Waals surface area contributed by atoms with Crippen molar-refractivity contribution < 1.29 is 14.6 Å². The fourth-order valence-corrected chi connectivity index (χ4v) is 3.66. The van der Waals surface area contributed by atoms with Gasteiger partial charge in [-0.15, -0.1) is 0 Å². The first-order valence-electron chi connectivity index (χ1n) is 7.49. The molecule has 20 heavy (non-hydrogen) atoms. The highest BCUT2D eigenvalue weighted by Gasteiger charge is 2.51. The number of hydrogen-bond acceptors (Lipinski definition) is 4. The summed E-state index contributed by atoms with van der Waals surface area (Å²) in [6.07, 6.45) is 2.85. The van der Waals surface area contributed by atoms with Gasteiger partial charge in [0.25, 0.3) is 0 Å². The van der Waals surface area contributed by atoms with E-state index in [-0.39, 0.29) is 17.6 Å². The van der Waals surface area contributed by atoms with Crippen LogP contribution in [0.2, 0.25) is 0 Å². The van der Waals surface area contributed by atoms with E-state index in [2.05, 4.69) is 0 Å². The Labute approximate surface area is 121 Å². The van der Waals surface area contributed by atoms with E-state index < -0.39 is 11.2 Å². The third kappa shape index (κ3) is 3.26. The second-order valence-electron chi connectivity index (χ2n) is 7.81. The molecule has 0 aromatic carbocycles. The Kier molecular flexibility index (Phi) is 3.80. The SMILES string of the molecule is CC1(O)C[C@@H](N)C2(CCN(C(=O)OC(C)(C)C)CC2)C1. The van der Waals surface area contributed by atoms with Crippen molar-refractivity contribution in [2.75, 3.05) is 13.1 Å². The van der Waals surface area contributed by atoms with Gasteiger partial charge in [0.2, 0.25) is 0 Å². The van der Waals surface area contributed by atoms with Crippen LogP contribution >= 0.6 is 0 Å². The summed E-state index contributed by atoms with van der Waals surface area (Å²) in [5, 5.41) is 10.2. The van der Waals surface area contributed by atoms with Gasteiger partial charge < -0.3 is 20.5 Å². The number of piperidine rings is 1. The van der Waals surface area contributed by atoms with E-state index in [1.54, 1.807) is 4.90 Å². The van der Waals surface area contributed by atoms with Crippen molar-refractivity contribution in [1.82, 2.24) is 4.90 Å². The molecule has 1 aliphatic carbocycles. The number of likely N-dealkylation sites (tertiary alicyclic amines) is 1. The molecule has 0 bridgehead atoms. The van der Waals surface area contributed by atoms with Crippen LogP contribution in [0.3, 0.4) is 0 Å². The van der Waals surface area contributed by atoms with E-state index >= 15 is 0 Å². The Balaban J connectivity index is 1.94. The number of ether oxygens (including phenoxy) is 1. The number of carbonyl (C=O) groups excluding carboxylic acids is 1. The quantitative estimate of drug-likeness (QED) is 0.712. The summed E-state index contributed by atoms with van der Waals surface area (Å²) in [5.74, 6) is 0. The Bertz CT molecular complexity index is 379. The van der Waals surface area contributed by atoms with Crippen molar-refractivity contribution in [3.05, 3.63) is 0 Å². The molecule has 2 atom stereocenters. The van der Waals surface area contributed by atoms with E-state index in [4.69, 9.17) is 10.5 Å². The number of carbonyl (C=O) groups is 1. The van der Waals surface area contributed by atoms with Crippen LogP contribution in [0.25, 0.3) is 0 Å². The van der Waals surface area contributed by atoms with E-state index in [1.165, 1.54) is 0 Å². The number of hydrogen-bond donors (Lipinski definition) is 2. The van der Waals surface area contributed by atoms with Crippen LogP contribution in [0.5, 0.6) is 0 Å². The molecule has 1 saturated heterocycles. The molecular weight excluding hydrogens is 256 g/mol. The monoisotopic (exact) mass is 284 g/mol. The number of aliphatic hydroxyl groups is 1. The molecule has 0 radical (unpaired) electrons. The molecule has 2 rings (SSSR count). The molecule has 1 unspecified atom stereocenters. The highest BCUT2D eigenvalue weighted by atomic mass is 16.6. The predicted octanol–water partition coefficient (Wildman–Crippen LogP) is 1.88. The summed E-state index contributed by atoms with van der Waals surface area (Å²) >= 11 is 0. The summed E-state index contributed by atoms with van der Waals surface area (Å²) in [4.78, 5) is 13.8. The molecule has 116 valence electrons. The average molecular weight is 284 g/mol. The molecule has 3 N–H and O–H groups in total. The van der Waals surface area contributed by atoms with Gasteiger partial charge in [-0.3, -0.25) is 0 Å². The summed E-state index contributed by atoms with van der Waals surface area (Å²) in [6, 6.07) is 0.0262. The molecular formula is C15H28N2O3. The zero-order valence-electron chi connectivity index (χ0n) is 13.1. The maximum Gasteiger partial charge on any atom is 0.410 e. The van der Waals surface area contributed by atoms with Crippen LogP contribution in [0, 0.1) is 5.41 Å². The third-order valence-corrected chi connectivity index (χ3v) is 4.59. The van der Waals surface area contributed by atoms with Crippen LogP contribution in [-0.4, -0.2) is 46.4 Å². The third-order valence-electron chi connectivity index (χ3n) is 4.59. The fourth-order valence-electron chi connectivity index (χ4n) is 3.66. The number of rotatable bonds is 0. The lowest BCUT2D eigenvalue weighted by atomic mass is 9.74. The van der Waals surface area contributed by atoms with Crippen LogP contribution in [0.4, 0.5) is 4.79 Å². The van der Waals surface area contributed by atoms with E-state index in [0.717, 1.165) is 19.3 Å². The predicted molar refractivity (Wildman–Crippen MR) is 77.3 cm³/mol. The minimum atomic E-state index is -0.659. The van der Waals surface area contributed by atoms with Gasteiger partial charge in [-0.2, -0.15) is 0 Å². The highest BCUT2D eigenvalue weighted by Crippen LogP contribution is 2.49. The molecule has 5 heteroatoms. The van der Waals surface area contributed by atoms with Crippen molar-refractivity contribution in [1.29, 1.82) is 0 Å². The van der Waals surface area contributed by atoms with Gasteiger partial charge in [0, 0.05) is 19.1 Å². The molecule has 2 aliphatic rings. The van der Waals surface area contributed by atoms with Crippen molar-refractivity contribution in [2.24, 2.45) is 11.1 Å². The van der Waals surface area contributed by atoms with Crippen LogP contribution in [-0.2, 0) is 4.74 Å². The Morgan fingerprint density at radius 3 is 2.30 bits per heavy atom. The zero-order valence-corrected chi connectivity index (χ0v) is 13.1. The number of nitrogens with two attached hydrogens (primary N) is 1. The summed E-state index contributed by atoms with van der Waals surface area (Å²) in [5.41, 5.74) is 5.12. The molecule has 2 fully saturated rings. The molecule has 1 saturated carbocycles. The molecule has 0 aromatic rings. The lowest BCUT2D eigenvalue weighted by Gasteiger charge is -2.42. The second-order valence-corrected chi connectivity index (χ2v) is 7.81. The summed E-state index contributed by atoms with van der Waals surface area (Å²) in [7, 11) is 0. The maximum absolute atomic E-state index is 12.0.